The van der Waals surface area contributed by atoms with E-state index in [9.17, 15) is 4.79 Å². The van der Waals surface area contributed by atoms with Crippen LogP contribution in [0.4, 0.5) is 5.13 Å². The highest BCUT2D eigenvalue weighted by molar-refractivity contribution is 7.22. The molecule has 0 fully saturated rings. The van der Waals surface area contributed by atoms with Crippen molar-refractivity contribution in [3.63, 3.8) is 0 Å². The van der Waals surface area contributed by atoms with Crippen LogP contribution in [0.1, 0.15) is 11.1 Å². The van der Waals surface area contributed by atoms with Gasteiger partial charge in [-0.3, -0.25) is 0 Å². The van der Waals surface area contributed by atoms with E-state index in [2.05, 4.69) is 4.98 Å². The number of aromatic nitrogens is 1. The lowest BCUT2D eigenvalue weighted by Gasteiger charge is -1.94. The standard InChI is InChI=1S/C9H8O2.C8H8N2OS/c10-9(11)7-6-8-4-2-1-3-5-8;9-8-10-7-5(4-11)2-1-3-6(7)12-8/h1-7H,(H,10,11);1-3,11H,4H2,(H2,9,10). The van der Waals surface area contributed by atoms with Crippen LogP contribution >= 0.6 is 11.3 Å². The number of fused-ring (bicyclic) bond motifs is 1. The lowest BCUT2D eigenvalue weighted by atomic mass is 10.2. The van der Waals surface area contributed by atoms with Crippen LogP contribution in [0.3, 0.4) is 0 Å². The molecule has 6 heteroatoms. The number of aliphatic hydroxyl groups excluding tert-OH is 1. The SMILES string of the molecule is Nc1nc2c(CO)cccc2s1.O=C(O)C=Cc1ccccc1. The molecule has 1 heterocycles. The van der Waals surface area contributed by atoms with Crippen LogP contribution in [0.15, 0.2) is 54.6 Å². The minimum absolute atomic E-state index is 0.0144. The predicted molar refractivity (Wildman–Crippen MR) is 93.1 cm³/mol. The minimum Gasteiger partial charge on any atom is -0.478 e. The number of nitrogens with zero attached hydrogens (tertiary/aromatic N) is 1. The second kappa shape index (κ2) is 8.07. The highest BCUT2D eigenvalue weighted by Gasteiger charge is 2.04. The molecule has 23 heavy (non-hydrogen) atoms. The highest BCUT2D eigenvalue weighted by Crippen LogP contribution is 2.25. The van der Waals surface area contributed by atoms with Crippen LogP contribution in [0.25, 0.3) is 16.3 Å². The minimum atomic E-state index is -0.922. The van der Waals surface area contributed by atoms with Gasteiger partial charge in [-0.15, -0.1) is 0 Å². The first-order valence-electron chi connectivity index (χ1n) is 6.81. The van der Waals surface area contributed by atoms with Gasteiger partial charge in [0.15, 0.2) is 5.13 Å². The molecule has 0 spiro atoms. The summed E-state index contributed by atoms with van der Waals surface area (Å²) in [6.07, 6.45) is 2.68. The van der Waals surface area contributed by atoms with Crippen molar-refractivity contribution in [1.82, 2.24) is 4.98 Å². The number of para-hydroxylation sites is 1. The number of nitrogen functional groups attached to an aromatic ring is 1. The molecule has 0 saturated carbocycles. The lowest BCUT2D eigenvalue weighted by molar-refractivity contribution is -0.131. The number of hydrogen-bond acceptors (Lipinski definition) is 5. The van der Waals surface area contributed by atoms with Gasteiger partial charge in [0, 0.05) is 11.6 Å². The number of carboxylic acids is 1. The largest absolute Gasteiger partial charge is 0.478 e. The van der Waals surface area contributed by atoms with E-state index in [1.807, 2.05) is 48.5 Å². The molecule has 0 aliphatic carbocycles. The predicted octanol–water partition coefficient (Wildman–Crippen LogP) is 3.16. The first-order chi connectivity index (χ1) is 11.1. The number of aliphatic hydroxyl groups is 1. The van der Waals surface area contributed by atoms with Gasteiger partial charge in [-0.2, -0.15) is 0 Å². The summed E-state index contributed by atoms with van der Waals surface area (Å²) in [5.41, 5.74) is 8.09. The van der Waals surface area contributed by atoms with Crippen LogP contribution < -0.4 is 5.73 Å². The number of carboxylic acid groups (broad SMARTS) is 1. The van der Waals surface area contributed by atoms with Crippen LogP contribution in [-0.2, 0) is 11.4 Å². The molecule has 1 aromatic heterocycles. The first-order valence-corrected chi connectivity index (χ1v) is 7.62. The molecule has 0 radical (unpaired) electrons. The summed E-state index contributed by atoms with van der Waals surface area (Å²) in [6, 6.07) is 15.0. The van der Waals surface area contributed by atoms with E-state index in [1.165, 1.54) is 11.3 Å². The third-order valence-electron chi connectivity index (χ3n) is 2.91. The molecule has 0 saturated heterocycles. The van der Waals surface area contributed by atoms with Crippen molar-refractivity contribution in [1.29, 1.82) is 0 Å². The first kappa shape index (κ1) is 16.7. The zero-order valence-electron chi connectivity index (χ0n) is 12.2. The van der Waals surface area contributed by atoms with E-state index >= 15 is 0 Å². The molecule has 0 unspecified atom stereocenters. The normalized spacial score (nSPS) is 10.5. The van der Waals surface area contributed by atoms with Crippen molar-refractivity contribution in [2.75, 3.05) is 5.73 Å². The fraction of sp³-hybridized carbons (Fsp3) is 0.0588. The van der Waals surface area contributed by atoms with Crippen molar-refractivity contribution in [3.05, 3.63) is 65.7 Å². The molecule has 4 N–H and O–H groups in total. The number of hydrogen-bond donors (Lipinski definition) is 3. The Kier molecular flexibility index (Phi) is 5.85. The number of thiazole rings is 1. The Balaban J connectivity index is 0.000000168. The van der Waals surface area contributed by atoms with Crippen LogP contribution in [0, 0.1) is 0 Å². The maximum Gasteiger partial charge on any atom is 0.328 e. The molecule has 0 atom stereocenters. The number of anilines is 1. The fourth-order valence-electron chi connectivity index (χ4n) is 1.88. The summed E-state index contributed by atoms with van der Waals surface area (Å²) in [5.74, 6) is -0.922. The average molecular weight is 328 g/mol. The van der Waals surface area contributed by atoms with E-state index < -0.39 is 5.97 Å². The van der Waals surface area contributed by atoms with Crippen LogP contribution in [0.2, 0.25) is 0 Å². The Bertz CT molecular complexity index is 813. The quantitative estimate of drug-likeness (QED) is 0.642. The average Bonchev–Trinajstić information content (AvgIpc) is 2.94. The van der Waals surface area contributed by atoms with Gasteiger partial charge >= 0.3 is 5.97 Å². The molecule has 3 aromatic rings. The maximum absolute atomic E-state index is 10.1. The van der Waals surface area contributed by atoms with E-state index in [4.69, 9.17) is 15.9 Å². The number of aliphatic carboxylic acids is 1. The molecule has 3 rings (SSSR count). The Morgan fingerprint density at radius 2 is 1.91 bits per heavy atom. The van der Waals surface area contributed by atoms with E-state index in [1.54, 1.807) is 6.08 Å². The van der Waals surface area contributed by atoms with Crippen molar-refractivity contribution in [2.45, 2.75) is 6.61 Å². The molecular formula is C17H16N2O3S. The van der Waals surface area contributed by atoms with Gasteiger partial charge in [0.2, 0.25) is 0 Å². The number of carbonyl (C=O) groups is 1. The zero-order valence-corrected chi connectivity index (χ0v) is 13.0. The topological polar surface area (TPSA) is 96.4 Å². The molecule has 118 valence electrons. The van der Waals surface area contributed by atoms with Crippen molar-refractivity contribution < 1.29 is 15.0 Å². The van der Waals surface area contributed by atoms with E-state index in [-0.39, 0.29) is 6.61 Å². The number of nitrogens with two attached hydrogens (primary N) is 1. The molecule has 0 bridgehead atoms. The monoisotopic (exact) mass is 328 g/mol. The number of benzene rings is 2. The highest BCUT2D eigenvalue weighted by atomic mass is 32.1. The number of rotatable bonds is 3. The molecule has 0 aliphatic rings. The Morgan fingerprint density at radius 1 is 1.17 bits per heavy atom. The lowest BCUT2D eigenvalue weighted by Crippen LogP contribution is -1.85. The maximum atomic E-state index is 10.1. The van der Waals surface area contributed by atoms with Gasteiger partial charge in [-0.1, -0.05) is 53.8 Å². The summed E-state index contributed by atoms with van der Waals surface area (Å²) in [7, 11) is 0. The van der Waals surface area contributed by atoms with Gasteiger partial charge < -0.3 is 15.9 Å². The van der Waals surface area contributed by atoms with Gasteiger partial charge in [0.1, 0.15) is 0 Å². The Morgan fingerprint density at radius 3 is 2.57 bits per heavy atom. The summed E-state index contributed by atoms with van der Waals surface area (Å²) in [5, 5.41) is 17.8. The zero-order chi connectivity index (χ0) is 16.7. The Labute approximate surface area is 137 Å². The molecule has 0 aliphatic heterocycles. The third kappa shape index (κ3) is 4.91. The summed E-state index contributed by atoms with van der Waals surface area (Å²) < 4.78 is 1.03. The molecule has 2 aromatic carbocycles. The van der Waals surface area contributed by atoms with Crippen molar-refractivity contribution >= 4 is 38.7 Å². The van der Waals surface area contributed by atoms with Gasteiger partial charge in [-0.05, 0) is 17.7 Å². The van der Waals surface area contributed by atoms with Crippen molar-refractivity contribution in [3.8, 4) is 0 Å². The van der Waals surface area contributed by atoms with Gasteiger partial charge in [0.25, 0.3) is 0 Å². The van der Waals surface area contributed by atoms with Crippen LogP contribution in [0.5, 0.6) is 0 Å². The summed E-state index contributed by atoms with van der Waals surface area (Å²) in [6.45, 7) is 0.0144. The van der Waals surface area contributed by atoms with Gasteiger partial charge in [0.05, 0.1) is 16.8 Å². The summed E-state index contributed by atoms with van der Waals surface area (Å²) >= 11 is 1.44. The summed E-state index contributed by atoms with van der Waals surface area (Å²) in [4.78, 5) is 14.2. The molecule has 5 nitrogen and oxygen atoms in total. The second-order valence-electron chi connectivity index (χ2n) is 4.56. The Hall–Kier alpha value is -2.70. The molecule has 0 amide bonds. The van der Waals surface area contributed by atoms with E-state index in [0.717, 1.165) is 27.4 Å². The third-order valence-corrected chi connectivity index (χ3v) is 3.76. The van der Waals surface area contributed by atoms with Crippen LogP contribution in [-0.4, -0.2) is 21.2 Å². The van der Waals surface area contributed by atoms with E-state index in [0.29, 0.717) is 5.13 Å². The smallest absolute Gasteiger partial charge is 0.328 e. The molecular weight excluding hydrogens is 312 g/mol. The fourth-order valence-corrected chi connectivity index (χ4v) is 2.66. The van der Waals surface area contributed by atoms with Gasteiger partial charge in [-0.25, -0.2) is 9.78 Å². The second-order valence-corrected chi connectivity index (χ2v) is 5.62. The van der Waals surface area contributed by atoms with Crippen molar-refractivity contribution in [2.24, 2.45) is 0 Å².